The minimum atomic E-state index is -0.937. The number of carbonyl (C=O) groups excluding carboxylic acids is 1. The summed E-state index contributed by atoms with van der Waals surface area (Å²) >= 11 is 1.64. The smallest absolute Gasteiger partial charge is 0.326 e. The van der Waals surface area contributed by atoms with Crippen LogP contribution < -0.4 is 5.32 Å². The minimum Gasteiger partial charge on any atom is -0.480 e. The molecule has 3 atom stereocenters. The summed E-state index contributed by atoms with van der Waals surface area (Å²) in [6, 6.07) is -0.755. The van der Waals surface area contributed by atoms with Gasteiger partial charge in [-0.15, -0.1) is 11.8 Å². The van der Waals surface area contributed by atoms with Gasteiger partial charge in [-0.05, 0) is 24.5 Å². The molecule has 0 aromatic heterocycles. The summed E-state index contributed by atoms with van der Waals surface area (Å²) in [4.78, 5) is 23.0. The quantitative estimate of drug-likeness (QED) is 0.791. The van der Waals surface area contributed by atoms with Crippen LogP contribution in [0, 0.1) is 5.92 Å². The molecular weight excluding hydrogens is 238 g/mol. The predicted octanol–water partition coefficient (Wildman–Crippen LogP) is 1.89. The van der Waals surface area contributed by atoms with Crippen molar-refractivity contribution in [1.82, 2.24) is 5.32 Å². The third-order valence-electron chi connectivity index (χ3n) is 3.25. The van der Waals surface area contributed by atoms with E-state index in [9.17, 15) is 9.59 Å². The number of aliphatic carboxylic acids is 1. The largest absolute Gasteiger partial charge is 0.480 e. The molecule has 0 bridgehead atoms. The van der Waals surface area contributed by atoms with Gasteiger partial charge in [0.15, 0.2) is 0 Å². The number of amides is 1. The molecule has 4 nitrogen and oxygen atoms in total. The molecular formula is C12H21NO3S. The van der Waals surface area contributed by atoms with Crippen LogP contribution in [0.5, 0.6) is 0 Å². The van der Waals surface area contributed by atoms with Crippen molar-refractivity contribution in [2.45, 2.75) is 50.8 Å². The van der Waals surface area contributed by atoms with Crippen LogP contribution in [-0.4, -0.2) is 34.0 Å². The van der Waals surface area contributed by atoms with Crippen molar-refractivity contribution in [3.05, 3.63) is 0 Å². The zero-order valence-electron chi connectivity index (χ0n) is 10.4. The van der Waals surface area contributed by atoms with Crippen LogP contribution in [0.2, 0.25) is 0 Å². The molecule has 2 unspecified atom stereocenters. The summed E-state index contributed by atoms with van der Waals surface area (Å²) in [7, 11) is 0. The van der Waals surface area contributed by atoms with E-state index in [1.165, 1.54) is 0 Å². The van der Waals surface area contributed by atoms with Crippen LogP contribution in [-0.2, 0) is 9.59 Å². The van der Waals surface area contributed by atoms with Gasteiger partial charge in [0.25, 0.3) is 0 Å². The molecule has 0 saturated carbocycles. The third-order valence-corrected chi connectivity index (χ3v) is 4.63. The first-order valence-electron chi connectivity index (χ1n) is 6.21. The van der Waals surface area contributed by atoms with Crippen LogP contribution >= 0.6 is 11.8 Å². The van der Waals surface area contributed by atoms with Gasteiger partial charge in [-0.1, -0.05) is 26.7 Å². The van der Waals surface area contributed by atoms with Crippen LogP contribution in [0.15, 0.2) is 0 Å². The fraction of sp³-hybridized carbons (Fsp3) is 0.833. The van der Waals surface area contributed by atoms with Crippen LogP contribution in [0.25, 0.3) is 0 Å². The number of nitrogens with one attached hydrogen (secondary N) is 1. The van der Waals surface area contributed by atoms with Gasteiger partial charge in [-0.2, -0.15) is 0 Å². The SMILES string of the molecule is CCC(C)[C@H](NC(=O)C1CCCCS1)C(=O)O. The number of carbonyl (C=O) groups is 2. The van der Waals surface area contributed by atoms with E-state index in [1.54, 1.807) is 11.8 Å². The van der Waals surface area contributed by atoms with E-state index in [1.807, 2.05) is 13.8 Å². The number of rotatable bonds is 5. The first kappa shape index (κ1) is 14.4. The molecule has 1 aliphatic rings. The van der Waals surface area contributed by atoms with Crippen molar-refractivity contribution in [2.75, 3.05) is 5.75 Å². The van der Waals surface area contributed by atoms with Gasteiger partial charge in [0, 0.05) is 0 Å². The fourth-order valence-corrected chi connectivity index (χ4v) is 3.08. The lowest BCUT2D eigenvalue weighted by atomic mass is 9.99. The van der Waals surface area contributed by atoms with Crippen molar-refractivity contribution >= 4 is 23.6 Å². The average molecular weight is 259 g/mol. The topological polar surface area (TPSA) is 66.4 Å². The Morgan fingerprint density at radius 1 is 1.47 bits per heavy atom. The minimum absolute atomic E-state index is 0.0370. The molecule has 2 N–H and O–H groups in total. The maximum absolute atomic E-state index is 11.9. The summed E-state index contributed by atoms with van der Waals surface area (Å²) in [5.41, 5.74) is 0. The molecule has 0 aromatic carbocycles. The standard InChI is InChI=1S/C12H21NO3S/c1-3-8(2)10(12(15)16)13-11(14)9-6-4-5-7-17-9/h8-10H,3-7H2,1-2H3,(H,13,14)(H,15,16)/t8?,9?,10-/m0/s1. The molecule has 1 saturated heterocycles. The van der Waals surface area contributed by atoms with E-state index in [-0.39, 0.29) is 17.1 Å². The van der Waals surface area contributed by atoms with Gasteiger partial charge in [0.2, 0.25) is 5.91 Å². The Morgan fingerprint density at radius 3 is 2.65 bits per heavy atom. The molecule has 1 heterocycles. The molecule has 17 heavy (non-hydrogen) atoms. The fourth-order valence-electron chi connectivity index (χ4n) is 1.88. The van der Waals surface area contributed by atoms with Gasteiger partial charge in [-0.25, -0.2) is 4.79 Å². The van der Waals surface area contributed by atoms with E-state index in [4.69, 9.17) is 5.11 Å². The highest BCUT2D eigenvalue weighted by Crippen LogP contribution is 2.25. The maximum atomic E-state index is 11.9. The lowest BCUT2D eigenvalue weighted by molar-refractivity contribution is -0.143. The normalized spacial score (nSPS) is 23.8. The second kappa shape index (κ2) is 6.89. The predicted molar refractivity (Wildman–Crippen MR) is 69.1 cm³/mol. The molecule has 1 rings (SSSR count). The summed E-state index contributed by atoms with van der Waals surface area (Å²) in [5.74, 6) is -0.0833. The molecule has 0 radical (unpaired) electrons. The first-order chi connectivity index (χ1) is 8.06. The van der Waals surface area contributed by atoms with E-state index in [0.717, 1.165) is 31.4 Å². The number of thioether (sulfide) groups is 1. The Balaban J connectivity index is 2.53. The maximum Gasteiger partial charge on any atom is 0.326 e. The summed E-state index contributed by atoms with van der Waals surface area (Å²) in [5, 5.41) is 11.7. The van der Waals surface area contributed by atoms with Gasteiger partial charge in [0.05, 0.1) is 5.25 Å². The molecule has 0 aliphatic carbocycles. The zero-order chi connectivity index (χ0) is 12.8. The van der Waals surface area contributed by atoms with E-state index >= 15 is 0 Å². The lowest BCUT2D eigenvalue weighted by Crippen LogP contribution is -2.48. The number of carboxylic acids is 1. The Hall–Kier alpha value is -0.710. The summed E-state index contributed by atoms with van der Waals surface area (Å²) < 4.78 is 0. The zero-order valence-corrected chi connectivity index (χ0v) is 11.3. The number of carboxylic acid groups (broad SMARTS) is 1. The van der Waals surface area contributed by atoms with Gasteiger partial charge < -0.3 is 10.4 Å². The van der Waals surface area contributed by atoms with Crippen LogP contribution in [0.1, 0.15) is 39.5 Å². The Labute approximate surface area is 107 Å². The highest BCUT2D eigenvalue weighted by atomic mass is 32.2. The van der Waals surface area contributed by atoms with Crippen molar-refractivity contribution < 1.29 is 14.7 Å². The highest BCUT2D eigenvalue weighted by Gasteiger charge is 2.29. The van der Waals surface area contributed by atoms with Crippen molar-refractivity contribution in [3.8, 4) is 0 Å². The second-order valence-corrected chi connectivity index (χ2v) is 5.88. The second-order valence-electron chi connectivity index (χ2n) is 4.57. The molecule has 0 aromatic rings. The Bertz CT molecular complexity index is 277. The monoisotopic (exact) mass is 259 g/mol. The van der Waals surface area contributed by atoms with Gasteiger partial charge in [-0.3, -0.25) is 4.79 Å². The average Bonchev–Trinajstić information content (AvgIpc) is 2.35. The Morgan fingerprint density at radius 2 is 2.18 bits per heavy atom. The lowest BCUT2D eigenvalue weighted by Gasteiger charge is -2.25. The van der Waals surface area contributed by atoms with Crippen LogP contribution in [0.4, 0.5) is 0 Å². The molecule has 1 fully saturated rings. The van der Waals surface area contributed by atoms with E-state index in [0.29, 0.717) is 0 Å². The molecule has 1 amide bonds. The van der Waals surface area contributed by atoms with Gasteiger partial charge in [0.1, 0.15) is 6.04 Å². The van der Waals surface area contributed by atoms with Crippen molar-refractivity contribution in [2.24, 2.45) is 5.92 Å². The molecule has 0 spiro atoms. The summed E-state index contributed by atoms with van der Waals surface area (Å²) in [6.07, 6.45) is 3.83. The molecule has 5 heteroatoms. The highest BCUT2D eigenvalue weighted by molar-refractivity contribution is 8.00. The van der Waals surface area contributed by atoms with Gasteiger partial charge >= 0.3 is 5.97 Å². The number of hydrogen-bond donors (Lipinski definition) is 2. The van der Waals surface area contributed by atoms with E-state index in [2.05, 4.69) is 5.32 Å². The number of hydrogen-bond acceptors (Lipinski definition) is 3. The Kier molecular flexibility index (Phi) is 5.82. The van der Waals surface area contributed by atoms with E-state index < -0.39 is 12.0 Å². The van der Waals surface area contributed by atoms with Crippen LogP contribution in [0.3, 0.4) is 0 Å². The third kappa shape index (κ3) is 4.22. The van der Waals surface area contributed by atoms with Crippen molar-refractivity contribution in [1.29, 1.82) is 0 Å². The molecule has 98 valence electrons. The molecule has 1 aliphatic heterocycles. The van der Waals surface area contributed by atoms with Crippen molar-refractivity contribution in [3.63, 3.8) is 0 Å². The summed E-state index contributed by atoms with van der Waals surface area (Å²) in [6.45, 7) is 3.79. The first-order valence-corrected chi connectivity index (χ1v) is 7.26.